The summed E-state index contributed by atoms with van der Waals surface area (Å²) in [4.78, 5) is 12.0. The normalized spacial score (nSPS) is 21.2. The first kappa shape index (κ1) is 17.6. The molecule has 2 rings (SSSR count). The van der Waals surface area contributed by atoms with Crippen molar-refractivity contribution in [3.8, 4) is 0 Å². The number of sulfonamides is 1. The minimum Gasteiger partial charge on any atom is -0.466 e. The number of hydrogen-bond donors (Lipinski definition) is 2. The topological polar surface area (TPSA) is 87.7 Å². The van der Waals surface area contributed by atoms with Gasteiger partial charge in [-0.2, -0.15) is 0 Å². The molecule has 1 saturated heterocycles. The number of carbonyl (C=O) groups is 1. The van der Waals surface area contributed by atoms with Gasteiger partial charge in [0.05, 0.1) is 12.3 Å². The second-order valence-corrected chi connectivity index (χ2v) is 6.97. The zero-order chi connectivity index (χ0) is 17.0. The van der Waals surface area contributed by atoms with Crippen LogP contribution in [0.25, 0.3) is 0 Å². The van der Waals surface area contributed by atoms with Gasteiger partial charge in [-0.3, -0.25) is 14.5 Å². The number of halogens is 1. The summed E-state index contributed by atoms with van der Waals surface area (Å²) in [7, 11) is -3.94. The third-order valence-corrected chi connectivity index (χ3v) is 5.70. The Balaban J connectivity index is 2.33. The number of nitrogens with zero attached hydrogens (tertiary/aromatic N) is 1. The van der Waals surface area contributed by atoms with Crippen molar-refractivity contribution < 1.29 is 22.3 Å². The third-order valence-electron chi connectivity index (χ3n) is 3.53. The molecule has 23 heavy (non-hydrogen) atoms. The number of ether oxygens (including phenoxy) is 1. The van der Waals surface area contributed by atoms with E-state index in [9.17, 15) is 17.6 Å². The minimum absolute atomic E-state index is 0.111. The van der Waals surface area contributed by atoms with Crippen molar-refractivity contribution in [3.63, 3.8) is 0 Å². The van der Waals surface area contributed by atoms with Gasteiger partial charge in [0.25, 0.3) is 10.0 Å². The quantitative estimate of drug-likeness (QED) is 0.734. The van der Waals surface area contributed by atoms with E-state index in [1.165, 1.54) is 18.2 Å². The highest BCUT2D eigenvalue weighted by molar-refractivity contribution is 7.93. The summed E-state index contributed by atoms with van der Waals surface area (Å²) in [5.74, 6) is -1.99. The molecule has 0 aliphatic carbocycles. The van der Waals surface area contributed by atoms with E-state index in [2.05, 4.69) is 10.9 Å². The molecule has 1 aliphatic heterocycles. The van der Waals surface area contributed by atoms with Gasteiger partial charge in [-0.1, -0.05) is 6.07 Å². The van der Waals surface area contributed by atoms with Crippen LogP contribution in [-0.4, -0.2) is 39.5 Å². The van der Waals surface area contributed by atoms with Gasteiger partial charge in [0.15, 0.2) is 5.37 Å². The lowest BCUT2D eigenvalue weighted by molar-refractivity contribution is -0.147. The fraction of sp³-hybridized carbons (Fsp3) is 0.500. The van der Waals surface area contributed by atoms with Crippen LogP contribution in [0.2, 0.25) is 0 Å². The summed E-state index contributed by atoms with van der Waals surface area (Å²) < 4.78 is 45.2. The Labute approximate surface area is 134 Å². The Morgan fingerprint density at radius 3 is 2.78 bits per heavy atom. The van der Waals surface area contributed by atoms with Gasteiger partial charge in [-0.05, 0) is 32.0 Å². The van der Waals surface area contributed by atoms with Gasteiger partial charge < -0.3 is 4.74 Å². The van der Waals surface area contributed by atoms with Crippen LogP contribution < -0.4 is 15.2 Å². The Morgan fingerprint density at radius 2 is 2.17 bits per heavy atom. The van der Waals surface area contributed by atoms with Crippen molar-refractivity contribution in [1.82, 2.24) is 10.9 Å². The second kappa shape index (κ2) is 7.24. The molecular formula is C14H20FN3O4S. The zero-order valence-corrected chi connectivity index (χ0v) is 13.8. The summed E-state index contributed by atoms with van der Waals surface area (Å²) in [6, 6.07) is 5.32. The van der Waals surface area contributed by atoms with Gasteiger partial charge in [0.1, 0.15) is 11.7 Å². The molecular weight excluding hydrogens is 325 g/mol. The Bertz CT molecular complexity index is 668. The highest BCUT2D eigenvalue weighted by Gasteiger charge is 2.45. The molecule has 0 radical (unpaired) electrons. The molecule has 7 nitrogen and oxygen atoms in total. The van der Waals surface area contributed by atoms with E-state index in [1.807, 2.05) is 0 Å². The molecule has 0 aromatic heterocycles. The first-order valence-electron chi connectivity index (χ1n) is 7.34. The molecule has 2 unspecified atom stereocenters. The Hall–Kier alpha value is -1.71. The van der Waals surface area contributed by atoms with Crippen molar-refractivity contribution in [2.45, 2.75) is 19.2 Å². The highest BCUT2D eigenvalue weighted by Crippen LogP contribution is 2.25. The standard InChI is InChI=1S/C14H20FN3O4S/c1-3-18(11-7-5-6-10(15)8-11)23(20,21)13-12(9-16-17-13)14(19)22-4-2/h5-8,12-13,16-17H,3-4,9H2,1-2H3. The summed E-state index contributed by atoms with van der Waals surface area (Å²) >= 11 is 0. The van der Waals surface area contributed by atoms with E-state index < -0.39 is 33.1 Å². The lowest BCUT2D eigenvalue weighted by Crippen LogP contribution is -2.49. The van der Waals surface area contributed by atoms with E-state index in [-0.39, 0.29) is 25.4 Å². The summed E-state index contributed by atoms with van der Waals surface area (Å²) in [5.41, 5.74) is 5.50. The summed E-state index contributed by atoms with van der Waals surface area (Å²) in [6.45, 7) is 3.72. The number of anilines is 1. The highest BCUT2D eigenvalue weighted by atomic mass is 32.2. The van der Waals surface area contributed by atoms with Crippen molar-refractivity contribution in [3.05, 3.63) is 30.1 Å². The molecule has 1 heterocycles. The predicted octanol–water partition coefficient (Wildman–Crippen LogP) is 0.595. The molecule has 2 N–H and O–H groups in total. The Kier molecular flexibility index (Phi) is 5.55. The number of carbonyl (C=O) groups excluding carboxylic acids is 1. The fourth-order valence-corrected chi connectivity index (χ4v) is 4.39. The van der Waals surface area contributed by atoms with Crippen LogP contribution in [0.4, 0.5) is 10.1 Å². The fourth-order valence-electron chi connectivity index (χ4n) is 2.49. The summed E-state index contributed by atoms with van der Waals surface area (Å²) in [5, 5.41) is -1.18. The van der Waals surface area contributed by atoms with Crippen molar-refractivity contribution in [2.24, 2.45) is 5.92 Å². The first-order valence-corrected chi connectivity index (χ1v) is 8.84. The predicted molar refractivity (Wildman–Crippen MR) is 83.4 cm³/mol. The molecule has 9 heteroatoms. The van der Waals surface area contributed by atoms with E-state index >= 15 is 0 Å². The average molecular weight is 345 g/mol. The maximum Gasteiger partial charge on any atom is 0.313 e. The number of rotatable bonds is 6. The Morgan fingerprint density at radius 1 is 1.43 bits per heavy atom. The molecule has 0 spiro atoms. The number of esters is 1. The van der Waals surface area contributed by atoms with Crippen LogP contribution in [-0.2, 0) is 19.6 Å². The minimum atomic E-state index is -3.94. The maximum atomic E-state index is 13.4. The number of benzene rings is 1. The van der Waals surface area contributed by atoms with E-state index in [4.69, 9.17) is 4.74 Å². The van der Waals surface area contributed by atoms with Gasteiger partial charge in [-0.25, -0.2) is 18.2 Å². The van der Waals surface area contributed by atoms with Crippen LogP contribution in [0.5, 0.6) is 0 Å². The van der Waals surface area contributed by atoms with Gasteiger partial charge in [0.2, 0.25) is 0 Å². The molecule has 1 aliphatic rings. The second-order valence-electron chi connectivity index (χ2n) is 4.99. The van der Waals surface area contributed by atoms with E-state index in [0.717, 1.165) is 10.4 Å². The monoisotopic (exact) mass is 345 g/mol. The number of nitrogens with one attached hydrogen (secondary N) is 2. The third kappa shape index (κ3) is 3.62. The molecule has 1 aromatic carbocycles. The van der Waals surface area contributed by atoms with Crippen molar-refractivity contribution in [1.29, 1.82) is 0 Å². The van der Waals surface area contributed by atoms with Crippen LogP contribution in [0, 0.1) is 11.7 Å². The molecule has 0 saturated carbocycles. The van der Waals surface area contributed by atoms with Crippen LogP contribution >= 0.6 is 0 Å². The average Bonchev–Trinajstić information content (AvgIpc) is 2.98. The molecule has 2 atom stereocenters. The van der Waals surface area contributed by atoms with Crippen LogP contribution in [0.1, 0.15) is 13.8 Å². The molecule has 1 aromatic rings. The molecule has 128 valence electrons. The van der Waals surface area contributed by atoms with Gasteiger partial charge in [0, 0.05) is 13.1 Å². The number of hydrogen-bond acceptors (Lipinski definition) is 6. The van der Waals surface area contributed by atoms with Gasteiger partial charge >= 0.3 is 5.97 Å². The van der Waals surface area contributed by atoms with Crippen molar-refractivity contribution in [2.75, 3.05) is 24.0 Å². The van der Waals surface area contributed by atoms with Gasteiger partial charge in [-0.15, -0.1) is 0 Å². The largest absolute Gasteiger partial charge is 0.466 e. The molecule has 0 amide bonds. The number of hydrazine groups is 1. The zero-order valence-electron chi connectivity index (χ0n) is 13.0. The summed E-state index contributed by atoms with van der Waals surface area (Å²) in [6.07, 6.45) is 0. The van der Waals surface area contributed by atoms with E-state index in [1.54, 1.807) is 13.8 Å². The smallest absolute Gasteiger partial charge is 0.313 e. The molecule has 0 bridgehead atoms. The first-order chi connectivity index (χ1) is 10.9. The lowest BCUT2D eigenvalue weighted by atomic mass is 10.2. The molecule has 1 fully saturated rings. The maximum absolute atomic E-state index is 13.4. The van der Waals surface area contributed by atoms with E-state index in [0.29, 0.717) is 0 Å². The SMILES string of the molecule is CCOC(=O)C1CNNC1S(=O)(=O)N(CC)c1cccc(F)c1. The van der Waals surface area contributed by atoms with Crippen LogP contribution in [0.3, 0.4) is 0 Å². The lowest BCUT2D eigenvalue weighted by Gasteiger charge is -2.28. The van der Waals surface area contributed by atoms with Crippen molar-refractivity contribution >= 4 is 21.7 Å². The van der Waals surface area contributed by atoms with Crippen LogP contribution in [0.15, 0.2) is 24.3 Å².